The summed E-state index contributed by atoms with van der Waals surface area (Å²) >= 11 is 0. The summed E-state index contributed by atoms with van der Waals surface area (Å²) in [6.45, 7) is 7.99. The molecule has 2 aliphatic rings. The Balaban J connectivity index is 1.85. The van der Waals surface area contributed by atoms with Gasteiger partial charge in [0.1, 0.15) is 0 Å². The molecule has 0 bridgehead atoms. The fourth-order valence-electron chi connectivity index (χ4n) is 3.28. The van der Waals surface area contributed by atoms with E-state index in [4.69, 9.17) is 9.47 Å². The molecule has 0 aromatic rings. The van der Waals surface area contributed by atoms with Crippen LogP contribution >= 0.6 is 0 Å². The van der Waals surface area contributed by atoms with Crippen LogP contribution in [0.1, 0.15) is 20.3 Å². The lowest BCUT2D eigenvalue weighted by Gasteiger charge is -2.37. The number of carbonyl (C=O) groups is 2. The fraction of sp³-hybridized carbons (Fsp3) is 0.867. The molecule has 6 heteroatoms. The van der Waals surface area contributed by atoms with Crippen molar-refractivity contribution in [1.82, 2.24) is 9.80 Å². The van der Waals surface area contributed by atoms with Gasteiger partial charge in [-0.25, -0.2) is 4.79 Å². The maximum atomic E-state index is 12.4. The zero-order valence-electron chi connectivity index (χ0n) is 13.2. The molecule has 2 rings (SSSR count). The largest absolute Gasteiger partial charge is 0.467 e. The third kappa shape index (κ3) is 4.41. The number of rotatable bonds is 3. The molecule has 0 saturated carbocycles. The summed E-state index contributed by atoms with van der Waals surface area (Å²) in [6.07, 6.45) is 0.613. The van der Waals surface area contributed by atoms with E-state index in [1.807, 2.05) is 9.80 Å². The SMILES string of the molecule is COC(=O)C1CN(CC(=O)N2CC(C)CC(C)C2)CCO1. The van der Waals surface area contributed by atoms with Crippen molar-refractivity contribution in [2.75, 3.05) is 46.4 Å². The van der Waals surface area contributed by atoms with Crippen LogP contribution in [0.3, 0.4) is 0 Å². The van der Waals surface area contributed by atoms with Crippen molar-refractivity contribution in [3.63, 3.8) is 0 Å². The second-order valence-electron chi connectivity index (χ2n) is 6.36. The number of carbonyl (C=O) groups excluding carboxylic acids is 2. The van der Waals surface area contributed by atoms with Crippen molar-refractivity contribution in [2.24, 2.45) is 11.8 Å². The lowest BCUT2D eigenvalue weighted by atomic mass is 9.92. The Morgan fingerprint density at radius 3 is 2.48 bits per heavy atom. The first-order chi connectivity index (χ1) is 9.99. The number of morpholine rings is 1. The molecule has 0 N–H and O–H groups in total. The molecule has 21 heavy (non-hydrogen) atoms. The van der Waals surface area contributed by atoms with E-state index >= 15 is 0 Å². The Morgan fingerprint density at radius 2 is 1.86 bits per heavy atom. The van der Waals surface area contributed by atoms with E-state index < -0.39 is 6.10 Å². The molecule has 0 spiro atoms. The first-order valence-corrected chi connectivity index (χ1v) is 7.69. The Morgan fingerprint density at radius 1 is 1.19 bits per heavy atom. The van der Waals surface area contributed by atoms with Gasteiger partial charge in [0.25, 0.3) is 0 Å². The minimum atomic E-state index is -0.573. The summed E-state index contributed by atoms with van der Waals surface area (Å²) in [4.78, 5) is 27.9. The third-order valence-corrected chi connectivity index (χ3v) is 4.20. The van der Waals surface area contributed by atoms with Crippen molar-refractivity contribution >= 4 is 11.9 Å². The van der Waals surface area contributed by atoms with Crippen LogP contribution in [0.25, 0.3) is 0 Å². The van der Waals surface area contributed by atoms with Gasteiger partial charge >= 0.3 is 5.97 Å². The summed E-state index contributed by atoms with van der Waals surface area (Å²) < 4.78 is 10.1. The van der Waals surface area contributed by atoms with Crippen LogP contribution in [0.5, 0.6) is 0 Å². The van der Waals surface area contributed by atoms with E-state index in [1.165, 1.54) is 13.5 Å². The number of nitrogens with zero attached hydrogens (tertiary/aromatic N) is 2. The molecule has 3 atom stereocenters. The summed E-state index contributed by atoms with van der Waals surface area (Å²) in [6, 6.07) is 0. The monoisotopic (exact) mass is 298 g/mol. The van der Waals surface area contributed by atoms with E-state index in [9.17, 15) is 9.59 Å². The average molecular weight is 298 g/mol. The lowest BCUT2D eigenvalue weighted by Crippen LogP contribution is -2.52. The molecule has 120 valence electrons. The maximum Gasteiger partial charge on any atom is 0.336 e. The van der Waals surface area contributed by atoms with Gasteiger partial charge in [0.2, 0.25) is 5.91 Å². The molecule has 2 aliphatic heterocycles. The first kappa shape index (κ1) is 16.2. The molecule has 6 nitrogen and oxygen atoms in total. The van der Waals surface area contributed by atoms with Gasteiger partial charge in [-0.2, -0.15) is 0 Å². The number of piperidine rings is 1. The van der Waals surface area contributed by atoms with Gasteiger partial charge in [-0.05, 0) is 18.3 Å². The summed E-state index contributed by atoms with van der Waals surface area (Å²) in [7, 11) is 1.35. The highest BCUT2D eigenvalue weighted by Crippen LogP contribution is 2.21. The van der Waals surface area contributed by atoms with Gasteiger partial charge < -0.3 is 14.4 Å². The van der Waals surface area contributed by atoms with Crippen molar-refractivity contribution in [3.05, 3.63) is 0 Å². The van der Waals surface area contributed by atoms with E-state index in [2.05, 4.69) is 13.8 Å². The maximum absolute atomic E-state index is 12.4. The Hall–Kier alpha value is -1.14. The number of esters is 1. The molecular formula is C15H26N2O4. The van der Waals surface area contributed by atoms with Gasteiger partial charge in [0.15, 0.2) is 6.10 Å². The minimum absolute atomic E-state index is 0.152. The zero-order chi connectivity index (χ0) is 15.4. The molecule has 0 aliphatic carbocycles. The van der Waals surface area contributed by atoms with Crippen LogP contribution in [0.15, 0.2) is 0 Å². The highest BCUT2D eigenvalue weighted by molar-refractivity contribution is 5.79. The number of hydrogen-bond acceptors (Lipinski definition) is 5. The summed E-state index contributed by atoms with van der Waals surface area (Å²) in [5.41, 5.74) is 0. The quantitative estimate of drug-likeness (QED) is 0.704. The van der Waals surface area contributed by atoms with Crippen LogP contribution in [0.2, 0.25) is 0 Å². The van der Waals surface area contributed by atoms with E-state index in [0.717, 1.165) is 13.1 Å². The number of likely N-dealkylation sites (tertiary alicyclic amines) is 1. The zero-order valence-corrected chi connectivity index (χ0v) is 13.2. The molecular weight excluding hydrogens is 272 g/mol. The van der Waals surface area contributed by atoms with Crippen molar-refractivity contribution in [1.29, 1.82) is 0 Å². The fourth-order valence-corrected chi connectivity index (χ4v) is 3.28. The Bertz CT molecular complexity index is 378. The predicted molar refractivity (Wildman–Crippen MR) is 77.7 cm³/mol. The van der Waals surface area contributed by atoms with Gasteiger partial charge in [-0.1, -0.05) is 13.8 Å². The van der Waals surface area contributed by atoms with Gasteiger partial charge in [0, 0.05) is 26.2 Å². The normalized spacial score (nSPS) is 31.0. The van der Waals surface area contributed by atoms with Gasteiger partial charge in [-0.3, -0.25) is 9.69 Å². The molecule has 0 aromatic heterocycles. The number of hydrogen-bond donors (Lipinski definition) is 0. The van der Waals surface area contributed by atoms with E-state index in [1.54, 1.807) is 0 Å². The van der Waals surface area contributed by atoms with Crippen molar-refractivity contribution in [2.45, 2.75) is 26.4 Å². The van der Waals surface area contributed by atoms with Crippen LogP contribution in [-0.2, 0) is 19.1 Å². The molecule has 0 aromatic carbocycles. The Kier molecular flexibility index (Phi) is 5.58. The average Bonchev–Trinajstić information content (AvgIpc) is 2.45. The summed E-state index contributed by atoms with van der Waals surface area (Å²) in [5, 5.41) is 0. The summed E-state index contributed by atoms with van der Waals surface area (Å²) in [5.74, 6) is 0.904. The highest BCUT2D eigenvalue weighted by Gasteiger charge is 2.31. The first-order valence-electron chi connectivity index (χ1n) is 7.69. The standard InChI is InChI=1S/C15H26N2O4/c1-11-6-12(2)8-17(7-11)14(18)10-16-4-5-21-13(9-16)15(19)20-3/h11-13H,4-10H2,1-3H3. The predicted octanol–water partition coefficient (Wildman–Crippen LogP) is 0.365. The van der Waals surface area contributed by atoms with E-state index in [0.29, 0.717) is 38.1 Å². The van der Waals surface area contributed by atoms with Gasteiger partial charge in [0.05, 0.1) is 20.3 Å². The molecule has 2 fully saturated rings. The molecule has 0 radical (unpaired) electrons. The molecule has 2 saturated heterocycles. The molecule has 3 unspecified atom stereocenters. The highest BCUT2D eigenvalue weighted by atomic mass is 16.6. The molecule has 1 amide bonds. The minimum Gasteiger partial charge on any atom is -0.467 e. The van der Waals surface area contributed by atoms with Crippen LogP contribution in [0.4, 0.5) is 0 Å². The smallest absolute Gasteiger partial charge is 0.336 e. The van der Waals surface area contributed by atoms with Gasteiger partial charge in [-0.15, -0.1) is 0 Å². The second-order valence-corrected chi connectivity index (χ2v) is 6.36. The van der Waals surface area contributed by atoms with Crippen molar-refractivity contribution < 1.29 is 19.1 Å². The van der Waals surface area contributed by atoms with Crippen LogP contribution in [0, 0.1) is 11.8 Å². The number of methoxy groups -OCH3 is 1. The molecule has 2 heterocycles. The lowest BCUT2D eigenvalue weighted by molar-refractivity contribution is -0.161. The Labute approximate surface area is 126 Å². The topological polar surface area (TPSA) is 59.1 Å². The number of ether oxygens (including phenoxy) is 2. The van der Waals surface area contributed by atoms with Crippen molar-refractivity contribution in [3.8, 4) is 0 Å². The second kappa shape index (κ2) is 7.22. The van der Waals surface area contributed by atoms with E-state index in [-0.39, 0.29) is 11.9 Å². The van der Waals surface area contributed by atoms with Crippen LogP contribution < -0.4 is 0 Å². The third-order valence-electron chi connectivity index (χ3n) is 4.20. The number of amides is 1. The van der Waals surface area contributed by atoms with Crippen LogP contribution in [-0.4, -0.2) is 74.2 Å².